The molecule has 0 radical (unpaired) electrons. The van der Waals surface area contributed by atoms with Crippen molar-refractivity contribution in [2.24, 2.45) is 5.92 Å². The highest BCUT2D eigenvalue weighted by atomic mass is 15.1. The lowest BCUT2D eigenvalue weighted by atomic mass is 10.1. The molecule has 0 unspecified atom stereocenters. The van der Waals surface area contributed by atoms with Crippen LogP contribution in [0.1, 0.15) is 25.8 Å². The molecule has 0 bridgehead atoms. The van der Waals surface area contributed by atoms with Crippen LogP contribution in [0.3, 0.4) is 0 Å². The third-order valence-electron chi connectivity index (χ3n) is 2.51. The number of rotatable bonds is 2. The molecule has 0 atom stereocenters. The average molecular weight is 224 g/mol. The number of fused-ring (bicyclic) bond motifs is 1. The predicted octanol–water partition coefficient (Wildman–Crippen LogP) is 3.22. The normalized spacial score (nSPS) is 10.3. The summed E-state index contributed by atoms with van der Waals surface area (Å²) in [6.45, 7) is 4.36. The fourth-order valence-electron chi connectivity index (χ4n) is 1.58. The van der Waals surface area contributed by atoms with Crippen LogP contribution < -0.4 is 0 Å². The highest BCUT2D eigenvalue weighted by molar-refractivity contribution is 5.78. The molecule has 0 amide bonds. The first kappa shape index (κ1) is 11.6. The highest BCUT2D eigenvalue weighted by Crippen LogP contribution is 2.12. The molecule has 0 aliphatic heterocycles. The fourth-order valence-corrected chi connectivity index (χ4v) is 1.58. The van der Waals surface area contributed by atoms with Gasteiger partial charge in [0.1, 0.15) is 0 Å². The molecule has 0 saturated carbocycles. The van der Waals surface area contributed by atoms with Crippen LogP contribution in [0.2, 0.25) is 0 Å². The second kappa shape index (κ2) is 5.45. The first-order valence-corrected chi connectivity index (χ1v) is 5.92. The summed E-state index contributed by atoms with van der Waals surface area (Å²) in [7, 11) is 0. The summed E-state index contributed by atoms with van der Waals surface area (Å²) < 4.78 is 0. The van der Waals surface area contributed by atoms with E-state index in [4.69, 9.17) is 0 Å². The van der Waals surface area contributed by atoms with Crippen molar-refractivity contribution in [1.82, 2.24) is 10.2 Å². The Kier molecular flexibility index (Phi) is 3.72. The zero-order valence-corrected chi connectivity index (χ0v) is 10.3. The van der Waals surface area contributed by atoms with E-state index in [1.165, 1.54) is 5.56 Å². The third-order valence-corrected chi connectivity index (χ3v) is 2.51. The van der Waals surface area contributed by atoms with Crippen molar-refractivity contribution in [3.05, 3.63) is 36.0 Å². The minimum absolute atomic E-state index is 0.643. The van der Waals surface area contributed by atoms with Crippen LogP contribution in [-0.2, 0) is 6.42 Å². The molecule has 1 heterocycles. The standard InChI is InChI=1S/C15H16N2/c1-12(2)5-3-4-6-13-7-8-14-9-10-16-17-15(14)11-13/h7-12H,5-6H2,1-2H3. The van der Waals surface area contributed by atoms with E-state index in [1.807, 2.05) is 6.07 Å². The quantitative estimate of drug-likeness (QED) is 0.732. The number of aromatic nitrogens is 2. The Balaban J connectivity index is 2.11. The van der Waals surface area contributed by atoms with E-state index in [2.05, 4.69) is 54.1 Å². The van der Waals surface area contributed by atoms with E-state index in [-0.39, 0.29) is 0 Å². The van der Waals surface area contributed by atoms with E-state index in [0.717, 1.165) is 23.7 Å². The lowest BCUT2D eigenvalue weighted by molar-refractivity contribution is 0.675. The number of benzene rings is 1. The topological polar surface area (TPSA) is 25.8 Å². The lowest BCUT2D eigenvalue weighted by Gasteiger charge is -1.98. The summed E-state index contributed by atoms with van der Waals surface area (Å²) in [5, 5.41) is 9.11. The van der Waals surface area contributed by atoms with Crippen molar-refractivity contribution in [2.45, 2.75) is 26.7 Å². The van der Waals surface area contributed by atoms with Crippen molar-refractivity contribution in [1.29, 1.82) is 0 Å². The van der Waals surface area contributed by atoms with E-state index in [0.29, 0.717) is 5.92 Å². The zero-order chi connectivity index (χ0) is 12.1. The number of nitrogens with zero attached hydrogens (tertiary/aromatic N) is 2. The van der Waals surface area contributed by atoms with Gasteiger partial charge in [-0.3, -0.25) is 0 Å². The summed E-state index contributed by atoms with van der Waals surface area (Å²) in [5.41, 5.74) is 2.14. The minimum atomic E-state index is 0.643. The Bertz CT molecular complexity index is 562. The van der Waals surface area contributed by atoms with E-state index < -0.39 is 0 Å². The molecule has 2 nitrogen and oxygen atoms in total. The second-order valence-corrected chi connectivity index (χ2v) is 4.55. The molecule has 0 fully saturated rings. The summed E-state index contributed by atoms with van der Waals surface area (Å²) in [4.78, 5) is 0. The Morgan fingerprint density at radius 1 is 1.18 bits per heavy atom. The van der Waals surface area contributed by atoms with Crippen molar-refractivity contribution >= 4 is 10.9 Å². The second-order valence-electron chi connectivity index (χ2n) is 4.55. The van der Waals surface area contributed by atoms with Gasteiger partial charge in [-0.1, -0.05) is 31.9 Å². The van der Waals surface area contributed by atoms with Crippen molar-refractivity contribution in [3.63, 3.8) is 0 Å². The molecule has 2 aromatic rings. The monoisotopic (exact) mass is 224 g/mol. The van der Waals surface area contributed by atoms with Gasteiger partial charge in [0.05, 0.1) is 11.7 Å². The molecule has 0 saturated heterocycles. The van der Waals surface area contributed by atoms with Crippen LogP contribution in [0.4, 0.5) is 0 Å². The summed E-state index contributed by atoms with van der Waals surface area (Å²) in [6, 6.07) is 8.21. The van der Waals surface area contributed by atoms with Crippen molar-refractivity contribution in [3.8, 4) is 11.8 Å². The maximum absolute atomic E-state index is 4.10. The zero-order valence-electron chi connectivity index (χ0n) is 10.3. The van der Waals surface area contributed by atoms with Crippen LogP contribution in [0, 0.1) is 17.8 Å². The van der Waals surface area contributed by atoms with Gasteiger partial charge in [0.2, 0.25) is 0 Å². The molecular formula is C15H16N2. The first-order valence-electron chi connectivity index (χ1n) is 5.92. The maximum Gasteiger partial charge on any atom is 0.0932 e. The van der Waals surface area contributed by atoms with Crippen LogP contribution in [0.15, 0.2) is 30.5 Å². The largest absolute Gasteiger partial charge is 0.159 e. The van der Waals surface area contributed by atoms with Gasteiger partial charge < -0.3 is 0 Å². The summed E-state index contributed by atoms with van der Waals surface area (Å²) >= 11 is 0. The third kappa shape index (κ3) is 3.29. The smallest absolute Gasteiger partial charge is 0.0932 e. The number of hydrogen-bond acceptors (Lipinski definition) is 2. The van der Waals surface area contributed by atoms with Gasteiger partial charge in [-0.25, -0.2) is 0 Å². The molecule has 2 heteroatoms. The molecular weight excluding hydrogens is 208 g/mol. The van der Waals surface area contributed by atoms with Gasteiger partial charge in [0.15, 0.2) is 0 Å². The summed E-state index contributed by atoms with van der Waals surface area (Å²) in [6.07, 6.45) is 3.47. The minimum Gasteiger partial charge on any atom is -0.159 e. The van der Waals surface area contributed by atoms with Gasteiger partial charge in [-0.05, 0) is 23.6 Å². The molecule has 1 aromatic heterocycles. The van der Waals surface area contributed by atoms with Gasteiger partial charge >= 0.3 is 0 Å². The molecule has 17 heavy (non-hydrogen) atoms. The SMILES string of the molecule is CC(C)CC#CCc1ccc2ccnnc2c1. The summed E-state index contributed by atoms with van der Waals surface area (Å²) in [5.74, 6) is 7.04. The van der Waals surface area contributed by atoms with Gasteiger partial charge in [0, 0.05) is 18.2 Å². The van der Waals surface area contributed by atoms with E-state index >= 15 is 0 Å². The van der Waals surface area contributed by atoms with Gasteiger partial charge in [-0.2, -0.15) is 10.2 Å². The van der Waals surface area contributed by atoms with Gasteiger partial charge in [0.25, 0.3) is 0 Å². The Morgan fingerprint density at radius 3 is 2.88 bits per heavy atom. The van der Waals surface area contributed by atoms with Crippen LogP contribution in [-0.4, -0.2) is 10.2 Å². The molecule has 2 rings (SSSR count). The maximum atomic E-state index is 4.10. The van der Waals surface area contributed by atoms with Crippen LogP contribution >= 0.6 is 0 Å². The highest BCUT2D eigenvalue weighted by Gasteiger charge is 1.96. The molecule has 0 N–H and O–H groups in total. The fraction of sp³-hybridized carbons (Fsp3) is 0.333. The molecule has 0 aliphatic rings. The van der Waals surface area contributed by atoms with Crippen molar-refractivity contribution < 1.29 is 0 Å². The molecule has 1 aromatic carbocycles. The van der Waals surface area contributed by atoms with E-state index in [9.17, 15) is 0 Å². The molecule has 0 aliphatic carbocycles. The molecule has 0 spiro atoms. The Hall–Kier alpha value is -1.88. The van der Waals surface area contributed by atoms with E-state index in [1.54, 1.807) is 6.20 Å². The lowest BCUT2D eigenvalue weighted by Crippen LogP contribution is -1.87. The van der Waals surface area contributed by atoms with Crippen LogP contribution in [0.25, 0.3) is 10.9 Å². The average Bonchev–Trinajstić information content (AvgIpc) is 2.34. The number of hydrogen-bond donors (Lipinski definition) is 0. The first-order chi connectivity index (χ1) is 8.25. The van der Waals surface area contributed by atoms with Crippen LogP contribution in [0.5, 0.6) is 0 Å². The Morgan fingerprint density at radius 2 is 2.06 bits per heavy atom. The van der Waals surface area contributed by atoms with Crippen molar-refractivity contribution in [2.75, 3.05) is 0 Å². The molecule has 86 valence electrons. The predicted molar refractivity (Wildman–Crippen MR) is 70.5 cm³/mol. The van der Waals surface area contributed by atoms with Gasteiger partial charge in [-0.15, -0.1) is 5.92 Å². The Labute approximate surface area is 102 Å².